The number of thiol groups is 1. The number of rotatable bonds is 10. The minimum Gasteiger partial charge on any atom is -0.480 e. The van der Waals surface area contributed by atoms with Crippen LogP contribution in [0.15, 0.2) is 4.36 Å². The molecule has 0 aliphatic rings. The van der Waals surface area contributed by atoms with Gasteiger partial charge in [-0.15, -0.1) is 0 Å². The van der Waals surface area contributed by atoms with Crippen LogP contribution in [0.1, 0.15) is 25.7 Å². The standard InChI is InChI=1S/C8H20BN3O6S/c10-8(7(13)14,3-1-2-5-9(15)16)4-6-12-19(17)18-11/h15-16,19H,1-6,10-11H2,(H,13,14). The molecule has 0 aliphatic carbocycles. The smallest absolute Gasteiger partial charge is 0.451 e. The van der Waals surface area contributed by atoms with Gasteiger partial charge in [-0.25, -0.2) is 8.57 Å². The Balaban J connectivity index is 4.27. The molecular weight excluding hydrogens is 277 g/mol. The van der Waals surface area contributed by atoms with Gasteiger partial charge in [0, 0.05) is 0 Å². The molecule has 0 spiro atoms. The SMILES string of the molecule is NO[SH](=O)=NCCC(N)(CCCCB(O)O)C(=O)O. The van der Waals surface area contributed by atoms with Crippen LogP contribution in [0.25, 0.3) is 0 Å². The summed E-state index contributed by atoms with van der Waals surface area (Å²) >= 11 is 0. The molecule has 0 rings (SSSR count). The Labute approximate surface area is 113 Å². The summed E-state index contributed by atoms with van der Waals surface area (Å²) in [4.78, 5) is 11.1. The van der Waals surface area contributed by atoms with Crippen molar-refractivity contribution in [2.24, 2.45) is 16.0 Å². The Hall–Kier alpha value is -0.715. The highest BCUT2D eigenvalue weighted by Gasteiger charge is 2.32. The zero-order valence-electron chi connectivity index (χ0n) is 10.4. The van der Waals surface area contributed by atoms with Gasteiger partial charge in [0.1, 0.15) is 5.54 Å². The Bertz CT molecular complexity index is 362. The predicted molar refractivity (Wildman–Crippen MR) is 70.1 cm³/mol. The Kier molecular flexibility index (Phi) is 8.88. The highest BCUT2D eigenvalue weighted by atomic mass is 32.2. The first-order valence-electron chi connectivity index (χ1n) is 5.72. The number of carboxylic acids is 1. The molecule has 0 radical (unpaired) electrons. The van der Waals surface area contributed by atoms with Gasteiger partial charge in [0.05, 0.1) is 6.54 Å². The van der Waals surface area contributed by atoms with Gasteiger partial charge in [0.2, 0.25) is 0 Å². The van der Waals surface area contributed by atoms with Gasteiger partial charge >= 0.3 is 13.1 Å². The average molecular weight is 297 g/mol. The van der Waals surface area contributed by atoms with Gasteiger partial charge in [-0.05, 0) is 19.2 Å². The van der Waals surface area contributed by atoms with Crippen molar-refractivity contribution in [2.45, 2.75) is 37.5 Å². The number of unbranched alkanes of at least 4 members (excludes halogenated alkanes) is 1. The second kappa shape index (κ2) is 9.23. The number of carboxylic acid groups (broad SMARTS) is 1. The van der Waals surface area contributed by atoms with Gasteiger partial charge in [0.15, 0.2) is 10.9 Å². The van der Waals surface area contributed by atoms with Crippen LogP contribution in [0.2, 0.25) is 6.32 Å². The fourth-order valence-electron chi connectivity index (χ4n) is 1.47. The lowest BCUT2D eigenvalue weighted by Gasteiger charge is -2.23. The summed E-state index contributed by atoms with van der Waals surface area (Å²) < 4.78 is 18.2. The molecule has 0 aromatic rings. The molecule has 2 atom stereocenters. The van der Waals surface area contributed by atoms with Crippen LogP contribution in [0.5, 0.6) is 0 Å². The number of hydrogen-bond donors (Lipinski definition) is 6. The molecule has 0 amide bonds. The fourth-order valence-corrected chi connectivity index (χ4v) is 1.80. The Morgan fingerprint density at radius 2 is 2.00 bits per heavy atom. The molecule has 9 nitrogen and oxygen atoms in total. The third-order valence-electron chi connectivity index (χ3n) is 2.62. The zero-order chi connectivity index (χ0) is 14.9. The molecular formula is C8H20BN3O6S. The normalized spacial score (nSPS) is 16.0. The van der Waals surface area contributed by atoms with Crippen LogP contribution < -0.4 is 11.6 Å². The Morgan fingerprint density at radius 1 is 1.37 bits per heavy atom. The van der Waals surface area contributed by atoms with Crippen molar-refractivity contribution in [3.63, 3.8) is 0 Å². The van der Waals surface area contributed by atoms with E-state index in [1.807, 2.05) is 0 Å². The maximum Gasteiger partial charge on any atom is 0.451 e. The number of hydrogen-bond acceptors (Lipinski definition) is 8. The van der Waals surface area contributed by atoms with Crippen LogP contribution in [0, 0.1) is 0 Å². The van der Waals surface area contributed by atoms with Crippen molar-refractivity contribution >= 4 is 24.0 Å². The summed E-state index contributed by atoms with van der Waals surface area (Å²) in [5, 5.41) is 26.4. The molecule has 0 fully saturated rings. The second-order valence-corrected chi connectivity index (χ2v) is 5.12. The van der Waals surface area contributed by atoms with Crippen LogP contribution in [-0.2, 0) is 20.0 Å². The van der Waals surface area contributed by atoms with Crippen LogP contribution in [0.4, 0.5) is 0 Å². The van der Waals surface area contributed by atoms with Gasteiger partial charge in [-0.2, -0.15) is 10.2 Å². The number of nitrogens with two attached hydrogens (primary N) is 2. The lowest BCUT2D eigenvalue weighted by Crippen LogP contribution is -2.48. The summed E-state index contributed by atoms with van der Waals surface area (Å²) in [6.45, 7) is -0.0438. The lowest BCUT2D eigenvalue weighted by atomic mass is 9.81. The number of aliphatic carboxylic acids is 1. The van der Waals surface area contributed by atoms with Crippen molar-refractivity contribution in [1.29, 1.82) is 0 Å². The molecule has 0 heterocycles. The monoisotopic (exact) mass is 297 g/mol. The molecule has 2 unspecified atom stereocenters. The quantitative estimate of drug-likeness (QED) is 0.120. The first-order chi connectivity index (χ1) is 8.81. The maximum absolute atomic E-state index is 11.1. The third-order valence-corrected chi connectivity index (χ3v) is 3.24. The van der Waals surface area contributed by atoms with Crippen molar-refractivity contribution < 1.29 is 28.4 Å². The molecule has 112 valence electrons. The van der Waals surface area contributed by atoms with Crippen LogP contribution in [0.3, 0.4) is 0 Å². The van der Waals surface area contributed by atoms with E-state index in [-0.39, 0.29) is 25.7 Å². The van der Waals surface area contributed by atoms with E-state index in [0.717, 1.165) is 0 Å². The minimum absolute atomic E-state index is 0.00551. The summed E-state index contributed by atoms with van der Waals surface area (Å²) in [7, 11) is -3.74. The molecule has 19 heavy (non-hydrogen) atoms. The van der Waals surface area contributed by atoms with E-state index in [1.54, 1.807) is 0 Å². The van der Waals surface area contributed by atoms with Crippen molar-refractivity contribution in [1.82, 2.24) is 0 Å². The number of nitrogens with zero attached hydrogens (tertiary/aromatic N) is 1. The van der Waals surface area contributed by atoms with E-state index >= 15 is 0 Å². The van der Waals surface area contributed by atoms with Gasteiger partial charge in [0.25, 0.3) is 0 Å². The van der Waals surface area contributed by atoms with E-state index in [9.17, 15) is 9.00 Å². The molecule has 0 saturated heterocycles. The third kappa shape index (κ3) is 8.13. The summed E-state index contributed by atoms with van der Waals surface area (Å²) in [5.41, 5.74) is 4.24. The van der Waals surface area contributed by atoms with Crippen LogP contribution in [-0.4, -0.2) is 44.5 Å². The average Bonchev–Trinajstić information content (AvgIpc) is 2.34. The summed E-state index contributed by atoms with van der Waals surface area (Å²) in [5.74, 6) is 3.45. The molecule has 0 aromatic heterocycles. The van der Waals surface area contributed by atoms with Crippen molar-refractivity contribution in [3.05, 3.63) is 0 Å². The largest absolute Gasteiger partial charge is 0.480 e. The lowest BCUT2D eigenvalue weighted by molar-refractivity contribution is -0.143. The van der Waals surface area contributed by atoms with Gasteiger partial charge in [-0.3, -0.25) is 4.79 Å². The van der Waals surface area contributed by atoms with Gasteiger partial charge in [-0.1, -0.05) is 12.8 Å². The second-order valence-electron chi connectivity index (χ2n) is 4.15. The highest BCUT2D eigenvalue weighted by molar-refractivity contribution is 7.69. The first kappa shape index (κ1) is 18.3. The van der Waals surface area contributed by atoms with E-state index in [0.29, 0.717) is 12.8 Å². The van der Waals surface area contributed by atoms with E-state index < -0.39 is 29.5 Å². The van der Waals surface area contributed by atoms with E-state index in [4.69, 9.17) is 20.9 Å². The maximum atomic E-state index is 11.1. The van der Waals surface area contributed by atoms with Crippen molar-refractivity contribution in [2.75, 3.05) is 6.54 Å². The molecule has 0 aliphatic heterocycles. The van der Waals surface area contributed by atoms with Crippen molar-refractivity contribution in [3.8, 4) is 0 Å². The Morgan fingerprint density at radius 3 is 2.47 bits per heavy atom. The molecule has 11 heteroatoms. The predicted octanol–water partition coefficient (Wildman–Crippen LogP) is -1.73. The molecule has 7 N–H and O–H groups in total. The number of carbonyl (C=O) groups is 1. The van der Waals surface area contributed by atoms with Crippen LogP contribution >= 0.6 is 0 Å². The fraction of sp³-hybridized carbons (Fsp3) is 0.875. The summed E-state index contributed by atoms with van der Waals surface area (Å²) in [6.07, 6.45) is 1.19. The van der Waals surface area contributed by atoms with E-state index in [1.165, 1.54) is 0 Å². The molecule has 0 aromatic carbocycles. The summed E-state index contributed by atoms with van der Waals surface area (Å²) in [6, 6.07) is 0. The molecule has 0 bridgehead atoms. The first-order valence-corrected chi connectivity index (χ1v) is 6.85. The topological polar surface area (TPSA) is 168 Å². The van der Waals surface area contributed by atoms with Gasteiger partial charge < -0.3 is 20.9 Å². The highest BCUT2D eigenvalue weighted by Crippen LogP contribution is 2.17. The zero-order valence-corrected chi connectivity index (χ0v) is 11.3. The molecule has 0 saturated carbocycles. The minimum atomic E-state index is -2.34. The van der Waals surface area contributed by atoms with E-state index in [2.05, 4.69) is 14.5 Å².